The highest BCUT2D eigenvalue weighted by molar-refractivity contribution is 5.43. The second-order valence-electron chi connectivity index (χ2n) is 2.74. The Morgan fingerprint density at radius 2 is 2.21 bits per heavy atom. The summed E-state index contributed by atoms with van der Waals surface area (Å²) in [5.74, 6) is 1.07. The van der Waals surface area contributed by atoms with Crippen molar-refractivity contribution >= 4 is 0 Å². The molecule has 3 heteroatoms. The van der Waals surface area contributed by atoms with Crippen LogP contribution in [-0.4, -0.2) is 13.9 Å². The van der Waals surface area contributed by atoms with Crippen LogP contribution in [0, 0.1) is 0 Å². The molecule has 0 fully saturated rings. The zero-order valence-electron chi connectivity index (χ0n) is 8.16. The molecular formula is C11H13O3. The number of hydrogen-bond donors (Lipinski definition) is 0. The van der Waals surface area contributed by atoms with Crippen LogP contribution in [0.2, 0.25) is 0 Å². The SMILES string of the molecule is C=CCc1ccc(OC[O])c(OC)c1. The van der Waals surface area contributed by atoms with E-state index in [2.05, 4.69) is 6.58 Å². The van der Waals surface area contributed by atoms with Crippen molar-refractivity contribution in [3.8, 4) is 11.5 Å². The van der Waals surface area contributed by atoms with Gasteiger partial charge in [-0.1, -0.05) is 12.1 Å². The number of rotatable bonds is 5. The molecule has 3 nitrogen and oxygen atoms in total. The highest BCUT2D eigenvalue weighted by Gasteiger charge is 2.04. The van der Waals surface area contributed by atoms with Gasteiger partial charge in [0.05, 0.1) is 7.11 Å². The van der Waals surface area contributed by atoms with Gasteiger partial charge in [0.1, 0.15) is 0 Å². The van der Waals surface area contributed by atoms with E-state index in [1.807, 2.05) is 18.2 Å². The third-order valence-corrected chi connectivity index (χ3v) is 1.82. The number of ether oxygens (including phenoxy) is 2. The molecule has 0 bridgehead atoms. The van der Waals surface area contributed by atoms with E-state index < -0.39 is 6.79 Å². The van der Waals surface area contributed by atoms with Gasteiger partial charge in [0, 0.05) is 0 Å². The normalized spacial score (nSPS) is 9.57. The van der Waals surface area contributed by atoms with E-state index in [1.165, 1.54) is 0 Å². The molecule has 0 N–H and O–H groups in total. The van der Waals surface area contributed by atoms with E-state index in [1.54, 1.807) is 13.2 Å². The van der Waals surface area contributed by atoms with Crippen molar-refractivity contribution in [1.82, 2.24) is 0 Å². The largest absolute Gasteiger partial charge is 0.493 e. The van der Waals surface area contributed by atoms with E-state index >= 15 is 0 Å². The molecule has 1 radical (unpaired) electrons. The molecule has 0 saturated heterocycles. The van der Waals surface area contributed by atoms with E-state index in [0.717, 1.165) is 12.0 Å². The Balaban J connectivity index is 2.92. The summed E-state index contributed by atoms with van der Waals surface area (Å²) in [7, 11) is 1.55. The number of allylic oxidation sites excluding steroid dienone is 1. The summed E-state index contributed by atoms with van der Waals surface area (Å²) in [4.78, 5) is 0. The van der Waals surface area contributed by atoms with Crippen LogP contribution in [-0.2, 0) is 11.5 Å². The predicted molar refractivity (Wildman–Crippen MR) is 53.1 cm³/mol. The fraction of sp³-hybridized carbons (Fsp3) is 0.273. The molecule has 0 aliphatic heterocycles. The van der Waals surface area contributed by atoms with Gasteiger partial charge in [-0.25, -0.2) is 0 Å². The molecule has 0 spiro atoms. The summed E-state index contributed by atoms with van der Waals surface area (Å²) in [6.45, 7) is 3.05. The molecule has 0 aromatic heterocycles. The molecule has 0 unspecified atom stereocenters. The van der Waals surface area contributed by atoms with Gasteiger partial charge in [0.25, 0.3) is 0 Å². The highest BCUT2D eigenvalue weighted by atomic mass is 16.6. The lowest BCUT2D eigenvalue weighted by Gasteiger charge is -2.09. The highest BCUT2D eigenvalue weighted by Crippen LogP contribution is 2.28. The van der Waals surface area contributed by atoms with Gasteiger partial charge >= 0.3 is 0 Å². The molecule has 0 aliphatic rings. The van der Waals surface area contributed by atoms with Crippen molar-refractivity contribution in [2.24, 2.45) is 0 Å². The van der Waals surface area contributed by atoms with Gasteiger partial charge in [0.2, 0.25) is 6.79 Å². The lowest BCUT2D eigenvalue weighted by Crippen LogP contribution is -1.97. The average molecular weight is 193 g/mol. The van der Waals surface area contributed by atoms with Gasteiger partial charge < -0.3 is 9.47 Å². The zero-order chi connectivity index (χ0) is 10.4. The fourth-order valence-electron chi connectivity index (χ4n) is 1.19. The maximum absolute atomic E-state index is 10.3. The molecule has 0 aliphatic carbocycles. The maximum atomic E-state index is 10.3. The molecule has 1 aromatic rings. The first-order chi connectivity index (χ1) is 6.81. The standard InChI is InChI=1S/C11H13O3/c1-3-4-9-5-6-10(14-8-12)11(7-9)13-2/h3,5-7H,1,4,8H2,2H3. The van der Waals surface area contributed by atoms with Crippen molar-refractivity contribution in [3.63, 3.8) is 0 Å². The topological polar surface area (TPSA) is 38.4 Å². The first kappa shape index (κ1) is 10.6. The Bertz CT molecular complexity index is 307. The van der Waals surface area contributed by atoms with Crippen LogP contribution in [0.4, 0.5) is 0 Å². The quantitative estimate of drug-likeness (QED) is 0.531. The van der Waals surface area contributed by atoms with E-state index in [0.29, 0.717) is 11.5 Å². The molecule has 1 rings (SSSR count). The fourth-order valence-corrected chi connectivity index (χ4v) is 1.19. The summed E-state index contributed by atoms with van der Waals surface area (Å²) in [5.41, 5.74) is 1.08. The molecule has 14 heavy (non-hydrogen) atoms. The third kappa shape index (κ3) is 2.50. The Morgan fingerprint density at radius 3 is 2.79 bits per heavy atom. The smallest absolute Gasteiger partial charge is 0.221 e. The first-order valence-electron chi connectivity index (χ1n) is 4.30. The third-order valence-electron chi connectivity index (χ3n) is 1.82. The Labute approximate surface area is 83.6 Å². The van der Waals surface area contributed by atoms with Gasteiger partial charge in [0.15, 0.2) is 11.5 Å². The van der Waals surface area contributed by atoms with E-state index in [9.17, 15) is 5.11 Å². The van der Waals surface area contributed by atoms with Crippen molar-refractivity contribution in [1.29, 1.82) is 0 Å². The van der Waals surface area contributed by atoms with Crippen LogP contribution < -0.4 is 9.47 Å². The molecule has 0 atom stereocenters. The molecule has 75 valence electrons. The molecule has 0 amide bonds. The van der Waals surface area contributed by atoms with Gasteiger partial charge in [-0.05, 0) is 24.1 Å². The number of benzene rings is 1. The van der Waals surface area contributed by atoms with Crippen LogP contribution >= 0.6 is 0 Å². The van der Waals surface area contributed by atoms with Gasteiger partial charge in [-0.3, -0.25) is 0 Å². The number of hydrogen-bond acceptors (Lipinski definition) is 2. The van der Waals surface area contributed by atoms with E-state index in [4.69, 9.17) is 9.47 Å². The summed E-state index contributed by atoms with van der Waals surface area (Å²) < 4.78 is 9.94. The minimum absolute atomic E-state index is 0.482. The summed E-state index contributed by atoms with van der Waals surface area (Å²) in [5, 5.41) is 10.3. The zero-order valence-corrected chi connectivity index (χ0v) is 8.16. The van der Waals surface area contributed by atoms with E-state index in [-0.39, 0.29) is 0 Å². The molecule has 1 aromatic carbocycles. The first-order valence-corrected chi connectivity index (χ1v) is 4.30. The Hall–Kier alpha value is -1.48. The summed E-state index contributed by atoms with van der Waals surface area (Å²) in [6, 6.07) is 5.46. The van der Waals surface area contributed by atoms with Crippen LogP contribution in [0.1, 0.15) is 5.56 Å². The van der Waals surface area contributed by atoms with Crippen LogP contribution in [0.3, 0.4) is 0 Å². The predicted octanol–water partition coefficient (Wildman–Crippen LogP) is 2.19. The molecule has 0 saturated carbocycles. The summed E-state index contributed by atoms with van der Waals surface area (Å²) in [6.07, 6.45) is 2.58. The maximum Gasteiger partial charge on any atom is 0.221 e. The lowest BCUT2D eigenvalue weighted by atomic mass is 10.1. The minimum Gasteiger partial charge on any atom is -0.493 e. The Kier molecular flexibility index (Phi) is 4.01. The molecule has 0 heterocycles. The van der Waals surface area contributed by atoms with Crippen molar-refractivity contribution < 1.29 is 14.6 Å². The van der Waals surface area contributed by atoms with Crippen molar-refractivity contribution in [2.45, 2.75) is 6.42 Å². The Morgan fingerprint density at radius 1 is 1.43 bits per heavy atom. The second kappa shape index (κ2) is 5.29. The monoisotopic (exact) mass is 193 g/mol. The van der Waals surface area contributed by atoms with Crippen LogP contribution in [0.25, 0.3) is 0 Å². The van der Waals surface area contributed by atoms with Gasteiger partial charge in [-0.15, -0.1) is 6.58 Å². The van der Waals surface area contributed by atoms with Crippen molar-refractivity contribution in [2.75, 3.05) is 13.9 Å². The summed E-state index contributed by atoms with van der Waals surface area (Å²) >= 11 is 0. The van der Waals surface area contributed by atoms with Crippen LogP contribution in [0.15, 0.2) is 30.9 Å². The van der Waals surface area contributed by atoms with Crippen molar-refractivity contribution in [3.05, 3.63) is 36.4 Å². The average Bonchev–Trinajstić information content (AvgIpc) is 2.21. The number of methoxy groups -OCH3 is 1. The minimum atomic E-state index is -0.600. The van der Waals surface area contributed by atoms with Crippen LogP contribution in [0.5, 0.6) is 11.5 Å². The lowest BCUT2D eigenvalue weighted by molar-refractivity contribution is 0.0357. The second-order valence-corrected chi connectivity index (χ2v) is 2.74. The van der Waals surface area contributed by atoms with Gasteiger partial charge in [-0.2, -0.15) is 5.11 Å². The molecular weight excluding hydrogens is 180 g/mol.